The van der Waals surface area contributed by atoms with E-state index in [1.807, 2.05) is 6.07 Å². The fourth-order valence-electron chi connectivity index (χ4n) is 2.18. The van der Waals surface area contributed by atoms with Crippen LogP contribution in [0.1, 0.15) is 29.7 Å². The van der Waals surface area contributed by atoms with E-state index in [2.05, 4.69) is 15.0 Å². The van der Waals surface area contributed by atoms with Gasteiger partial charge in [0.05, 0.1) is 12.7 Å². The van der Waals surface area contributed by atoms with Gasteiger partial charge in [-0.05, 0) is 37.3 Å². The van der Waals surface area contributed by atoms with Gasteiger partial charge >= 0.3 is 5.97 Å². The van der Waals surface area contributed by atoms with Crippen LogP contribution in [0.4, 0.5) is 5.82 Å². The number of hydrogen-bond acceptors (Lipinski definition) is 5. The highest BCUT2D eigenvalue weighted by Crippen LogP contribution is 2.24. The molecule has 0 aliphatic heterocycles. The van der Waals surface area contributed by atoms with E-state index < -0.39 is 0 Å². The standard InChI is InChI=1S/C13H17N3O2S/c1-18-11(17)7-15-13-9(12(14)19)6-8-4-2-3-5-10(8)16-13/h6H,2-5,7H2,1H3,(H2,14,19)(H,15,16). The number of esters is 1. The lowest BCUT2D eigenvalue weighted by Crippen LogP contribution is -2.21. The van der Waals surface area contributed by atoms with Crippen LogP contribution in [0.3, 0.4) is 0 Å². The maximum Gasteiger partial charge on any atom is 0.325 e. The van der Waals surface area contributed by atoms with Crippen LogP contribution in [0.25, 0.3) is 0 Å². The van der Waals surface area contributed by atoms with Gasteiger partial charge in [0.15, 0.2) is 0 Å². The van der Waals surface area contributed by atoms with Gasteiger partial charge in [-0.15, -0.1) is 0 Å². The molecule has 0 amide bonds. The Morgan fingerprint density at radius 1 is 1.53 bits per heavy atom. The number of nitrogens with one attached hydrogen (secondary N) is 1. The maximum absolute atomic E-state index is 11.2. The van der Waals surface area contributed by atoms with E-state index in [1.165, 1.54) is 19.1 Å². The van der Waals surface area contributed by atoms with Crippen LogP contribution in [-0.4, -0.2) is 29.6 Å². The Bertz CT molecular complexity index is 517. The molecule has 0 spiro atoms. The summed E-state index contributed by atoms with van der Waals surface area (Å²) < 4.78 is 4.59. The molecule has 0 fully saturated rings. The van der Waals surface area contributed by atoms with Crippen LogP contribution in [0.5, 0.6) is 0 Å². The van der Waals surface area contributed by atoms with Gasteiger partial charge in [0.2, 0.25) is 0 Å². The summed E-state index contributed by atoms with van der Waals surface area (Å²) in [6, 6.07) is 1.99. The second-order valence-corrected chi connectivity index (χ2v) is 4.93. The number of rotatable bonds is 4. The summed E-state index contributed by atoms with van der Waals surface area (Å²) >= 11 is 5.04. The number of aromatic nitrogens is 1. The Balaban J connectivity index is 2.29. The van der Waals surface area contributed by atoms with Crippen molar-refractivity contribution in [3.63, 3.8) is 0 Å². The zero-order valence-electron chi connectivity index (χ0n) is 10.9. The molecule has 102 valence electrons. The maximum atomic E-state index is 11.2. The number of anilines is 1. The van der Waals surface area contributed by atoms with E-state index >= 15 is 0 Å². The molecule has 1 aromatic rings. The molecule has 6 heteroatoms. The molecule has 1 heterocycles. The molecular weight excluding hydrogens is 262 g/mol. The highest BCUT2D eigenvalue weighted by Gasteiger charge is 2.16. The van der Waals surface area contributed by atoms with E-state index in [4.69, 9.17) is 18.0 Å². The van der Waals surface area contributed by atoms with Crippen molar-refractivity contribution in [3.05, 3.63) is 22.9 Å². The fourth-order valence-corrected chi connectivity index (χ4v) is 2.34. The number of nitrogens with zero attached hydrogens (tertiary/aromatic N) is 1. The third kappa shape index (κ3) is 3.20. The number of aryl methyl sites for hydroxylation is 2. The second-order valence-electron chi connectivity index (χ2n) is 4.49. The number of hydrogen-bond donors (Lipinski definition) is 2. The van der Waals surface area contributed by atoms with E-state index in [1.54, 1.807) is 0 Å². The molecule has 0 aromatic carbocycles. The molecular formula is C13H17N3O2S. The zero-order valence-corrected chi connectivity index (χ0v) is 11.7. The minimum absolute atomic E-state index is 0.0535. The molecule has 3 N–H and O–H groups in total. The van der Waals surface area contributed by atoms with E-state index in [9.17, 15) is 4.79 Å². The topological polar surface area (TPSA) is 77.2 Å². The van der Waals surface area contributed by atoms with Crippen molar-refractivity contribution >= 4 is 29.0 Å². The number of carbonyl (C=O) groups is 1. The Morgan fingerprint density at radius 2 is 2.26 bits per heavy atom. The minimum Gasteiger partial charge on any atom is -0.468 e. The van der Waals surface area contributed by atoms with Gasteiger partial charge in [-0.1, -0.05) is 12.2 Å². The van der Waals surface area contributed by atoms with Crippen LogP contribution in [0, 0.1) is 0 Å². The molecule has 0 radical (unpaired) electrons. The molecule has 0 atom stereocenters. The number of fused-ring (bicyclic) bond motifs is 1. The highest BCUT2D eigenvalue weighted by atomic mass is 32.1. The minimum atomic E-state index is -0.353. The van der Waals surface area contributed by atoms with Gasteiger partial charge in [-0.25, -0.2) is 4.98 Å². The van der Waals surface area contributed by atoms with Crippen LogP contribution in [-0.2, 0) is 22.4 Å². The van der Waals surface area contributed by atoms with Crippen LogP contribution < -0.4 is 11.1 Å². The Morgan fingerprint density at radius 3 is 2.95 bits per heavy atom. The number of nitrogens with two attached hydrogens (primary N) is 1. The highest BCUT2D eigenvalue weighted by molar-refractivity contribution is 7.80. The molecule has 1 aliphatic carbocycles. The number of thiocarbonyl (C=S) groups is 1. The van der Waals surface area contributed by atoms with Crippen molar-refractivity contribution in [2.24, 2.45) is 5.73 Å². The second kappa shape index (κ2) is 5.97. The van der Waals surface area contributed by atoms with Crippen molar-refractivity contribution in [3.8, 4) is 0 Å². The first-order valence-corrected chi connectivity index (χ1v) is 6.66. The lowest BCUT2D eigenvalue weighted by molar-refractivity contribution is -0.138. The van der Waals surface area contributed by atoms with E-state index in [0.29, 0.717) is 11.4 Å². The first-order valence-electron chi connectivity index (χ1n) is 6.25. The van der Waals surface area contributed by atoms with E-state index in [0.717, 1.165) is 25.0 Å². The third-order valence-corrected chi connectivity index (χ3v) is 3.41. The van der Waals surface area contributed by atoms with Gasteiger partial charge in [0.25, 0.3) is 0 Å². The molecule has 0 bridgehead atoms. The van der Waals surface area contributed by atoms with Gasteiger partial charge in [-0.3, -0.25) is 4.79 Å². The molecule has 0 saturated carbocycles. The lowest BCUT2D eigenvalue weighted by Gasteiger charge is -2.18. The summed E-state index contributed by atoms with van der Waals surface area (Å²) in [6.07, 6.45) is 4.28. The van der Waals surface area contributed by atoms with Crippen molar-refractivity contribution in [2.45, 2.75) is 25.7 Å². The largest absolute Gasteiger partial charge is 0.468 e. The first kappa shape index (κ1) is 13.7. The summed E-state index contributed by atoms with van der Waals surface area (Å²) in [5, 5.41) is 2.94. The molecule has 2 rings (SSSR count). The molecule has 0 saturated heterocycles. The number of methoxy groups -OCH3 is 1. The normalized spacial score (nSPS) is 13.5. The summed E-state index contributed by atoms with van der Waals surface area (Å²) in [7, 11) is 1.35. The van der Waals surface area contributed by atoms with Crippen LogP contribution in [0.2, 0.25) is 0 Å². The Kier molecular flexibility index (Phi) is 4.31. The number of carbonyl (C=O) groups excluding carboxylic acids is 1. The molecule has 5 nitrogen and oxygen atoms in total. The number of ether oxygens (including phenoxy) is 1. The molecule has 0 unspecified atom stereocenters. The van der Waals surface area contributed by atoms with Gasteiger partial charge < -0.3 is 15.8 Å². The van der Waals surface area contributed by atoms with Gasteiger partial charge in [-0.2, -0.15) is 0 Å². The first-order chi connectivity index (χ1) is 9.11. The molecule has 19 heavy (non-hydrogen) atoms. The average Bonchev–Trinajstić information content (AvgIpc) is 2.43. The van der Waals surface area contributed by atoms with Crippen molar-refractivity contribution < 1.29 is 9.53 Å². The molecule has 1 aliphatic rings. The lowest BCUT2D eigenvalue weighted by atomic mass is 9.94. The summed E-state index contributed by atoms with van der Waals surface area (Å²) in [5.74, 6) is 0.215. The third-order valence-electron chi connectivity index (χ3n) is 3.19. The van der Waals surface area contributed by atoms with Crippen LogP contribution >= 0.6 is 12.2 Å². The quantitative estimate of drug-likeness (QED) is 0.636. The summed E-state index contributed by atoms with van der Waals surface area (Å²) in [6.45, 7) is 0.0535. The Hall–Kier alpha value is -1.69. The summed E-state index contributed by atoms with van der Waals surface area (Å²) in [4.78, 5) is 16.0. The zero-order chi connectivity index (χ0) is 13.8. The Labute approximate surface area is 117 Å². The fraction of sp³-hybridized carbons (Fsp3) is 0.462. The predicted molar refractivity (Wildman–Crippen MR) is 77.3 cm³/mol. The average molecular weight is 279 g/mol. The number of pyridine rings is 1. The van der Waals surface area contributed by atoms with Crippen LogP contribution in [0.15, 0.2) is 6.07 Å². The predicted octanol–water partition coefficient (Wildman–Crippen LogP) is 1.18. The van der Waals surface area contributed by atoms with Gasteiger partial charge in [0.1, 0.15) is 17.4 Å². The summed E-state index contributed by atoms with van der Waals surface area (Å²) in [5.41, 5.74) is 8.69. The van der Waals surface area contributed by atoms with E-state index in [-0.39, 0.29) is 17.5 Å². The van der Waals surface area contributed by atoms with Crippen molar-refractivity contribution in [2.75, 3.05) is 19.0 Å². The molecule has 1 aromatic heterocycles. The van der Waals surface area contributed by atoms with Crippen molar-refractivity contribution in [1.82, 2.24) is 4.98 Å². The van der Waals surface area contributed by atoms with Gasteiger partial charge in [0, 0.05) is 5.69 Å². The monoisotopic (exact) mass is 279 g/mol. The SMILES string of the molecule is COC(=O)CNc1nc2c(cc1C(N)=S)CCCC2. The smallest absolute Gasteiger partial charge is 0.325 e. The van der Waals surface area contributed by atoms with Crippen molar-refractivity contribution in [1.29, 1.82) is 0 Å².